The van der Waals surface area contributed by atoms with Gasteiger partial charge in [-0.1, -0.05) is 36.4 Å². The second-order valence-electron chi connectivity index (χ2n) is 7.95. The van der Waals surface area contributed by atoms with Gasteiger partial charge in [-0.3, -0.25) is 4.68 Å². The third kappa shape index (κ3) is 3.77. The molecule has 8 nitrogen and oxygen atoms in total. The maximum Gasteiger partial charge on any atom is 0.387 e. The van der Waals surface area contributed by atoms with Crippen LogP contribution < -0.4 is 15.2 Å². The number of aromatic nitrogens is 4. The van der Waals surface area contributed by atoms with E-state index in [1.54, 1.807) is 34.6 Å². The number of allylic oxidation sites excluding steroid dienone is 1. The maximum atomic E-state index is 13.3. The van der Waals surface area contributed by atoms with Crippen molar-refractivity contribution in [2.24, 2.45) is 12.8 Å². The number of alkyl halides is 2. The van der Waals surface area contributed by atoms with Crippen molar-refractivity contribution in [1.29, 1.82) is 5.26 Å². The van der Waals surface area contributed by atoms with Crippen molar-refractivity contribution < 1.29 is 18.3 Å². The lowest BCUT2D eigenvalue weighted by atomic mass is 9.83. The molecule has 0 saturated heterocycles. The molecule has 5 rings (SSSR count). The van der Waals surface area contributed by atoms with Crippen LogP contribution >= 0.6 is 0 Å². The smallest absolute Gasteiger partial charge is 0.387 e. The van der Waals surface area contributed by atoms with E-state index in [-0.39, 0.29) is 23.1 Å². The van der Waals surface area contributed by atoms with Crippen molar-refractivity contribution >= 4 is 0 Å². The molecule has 0 bridgehead atoms. The number of benzene rings is 2. The first-order valence-electron chi connectivity index (χ1n) is 10.7. The predicted octanol–water partition coefficient (Wildman–Crippen LogP) is 4.40. The van der Waals surface area contributed by atoms with E-state index in [0.717, 1.165) is 5.69 Å². The van der Waals surface area contributed by atoms with Crippen LogP contribution in [-0.4, -0.2) is 26.2 Å². The minimum Gasteiger partial charge on any atom is -0.435 e. The molecule has 0 spiro atoms. The van der Waals surface area contributed by atoms with Crippen molar-refractivity contribution in [1.82, 2.24) is 19.6 Å². The summed E-state index contributed by atoms with van der Waals surface area (Å²) in [5.41, 5.74) is 9.68. The van der Waals surface area contributed by atoms with Gasteiger partial charge in [0, 0.05) is 12.6 Å². The van der Waals surface area contributed by atoms with E-state index in [4.69, 9.17) is 20.3 Å². The number of rotatable bonds is 5. The number of aryl methyl sites for hydroxylation is 2. The zero-order valence-electron chi connectivity index (χ0n) is 18.8. The molecule has 0 fully saturated rings. The minimum atomic E-state index is -3.05. The first-order valence-corrected chi connectivity index (χ1v) is 10.7. The van der Waals surface area contributed by atoms with Gasteiger partial charge >= 0.3 is 6.61 Å². The summed E-state index contributed by atoms with van der Waals surface area (Å²) in [7, 11) is 1.78. The van der Waals surface area contributed by atoms with Gasteiger partial charge in [0.05, 0.1) is 28.6 Å². The molecule has 35 heavy (non-hydrogen) atoms. The van der Waals surface area contributed by atoms with Crippen LogP contribution in [0.25, 0.3) is 17.1 Å². The van der Waals surface area contributed by atoms with Gasteiger partial charge in [-0.05, 0) is 31.2 Å². The highest BCUT2D eigenvalue weighted by molar-refractivity contribution is 5.71. The van der Waals surface area contributed by atoms with E-state index >= 15 is 0 Å². The van der Waals surface area contributed by atoms with Crippen LogP contribution in [0, 0.1) is 18.3 Å². The summed E-state index contributed by atoms with van der Waals surface area (Å²) >= 11 is 0. The molecule has 2 N–H and O–H groups in total. The predicted molar refractivity (Wildman–Crippen MR) is 123 cm³/mol. The van der Waals surface area contributed by atoms with Crippen LogP contribution in [0.2, 0.25) is 0 Å². The minimum absolute atomic E-state index is 0.0653. The van der Waals surface area contributed by atoms with Crippen molar-refractivity contribution in [3.05, 3.63) is 88.9 Å². The number of ether oxygens (including phenoxy) is 2. The Morgan fingerprint density at radius 3 is 2.49 bits per heavy atom. The van der Waals surface area contributed by atoms with Gasteiger partial charge in [-0.2, -0.15) is 28.9 Å². The molecule has 1 unspecified atom stereocenters. The first-order chi connectivity index (χ1) is 16.9. The second kappa shape index (κ2) is 8.61. The van der Waals surface area contributed by atoms with Crippen LogP contribution in [0.3, 0.4) is 0 Å². The molecule has 0 aliphatic carbocycles. The number of hydrogen-bond donors (Lipinski definition) is 1. The fourth-order valence-electron chi connectivity index (χ4n) is 4.34. The summed E-state index contributed by atoms with van der Waals surface area (Å²) in [6.07, 6.45) is 0. The molecule has 2 aromatic carbocycles. The first kappa shape index (κ1) is 22.2. The molecule has 1 atom stereocenters. The van der Waals surface area contributed by atoms with Gasteiger partial charge in [0.1, 0.15) is 23.1 Å². The number of hydrogen-bond acceptors (Lipinski definition) is 6. The third-order valence-electron chi connectivity index (χ3n) is 5.74. The SMILES string of the molecule is Cc1cc(-c2nn(-c3ccccc3)c3c2C(c2ccccc2OC(F)F)C(C#N)=C(N)O3)n(C)n1. The normalized spacial score (nSPS) is 15.0. The summed E-state index contributed by atoms with van der Waals surface area (Å²) in [4.78, 5) is 0. The Morgan fingerprint density at radius 2 is 1.83 bits per heavy atom. The van der Waals surface area contributed by atoms with E-state index in [1.807, 2.05) is 43.3 Å². The molecule has 3 heterocycles. The Hall–Kier alpha value is -4.65. The van der Waals surface area contributed by atoms with E-state index in [0.29, 0.717) is 28.2 Å². The average molecular weight is 474 g/mol. The largest absolute Gasteiger partial charge is 0.435 e. The topological polar surface area (TPSA) is 104 Å². The number of nitrogens with two attached hydrogens (primary N) is 1. The molecule has 2 aromatic heterocycles. The number of para-hydroxylation sites is 2. The standard InChI is InChI=1S/C25H20F2N6O2/c1-14-12-18(32(2)30-14)22-21-20(16-10-6-7-11-19(16)34-25(26)27)17(13-28)23(29)35-24(21)33(31-22)15-8-4-3-5-9-15/h3-12,20,25H,29H2,1-2H3. The molecular formula is C25H20F2N6O2. The Kier molecular flexibility index (Phi) is 5.45. The molecule has 10 heteroatoms. The lowest BCUT2D eigenvalue weighted by Crippen LogP contribution is -2.22. The molecule has 0 amide bonds. The average Bonchev–Trinajstić information content (AvgIpc) is 3.37. The number of nitrogens with zero attached hydrogens (tertiary/aromatic N) is 5. The number of halogens is 2. The molecule has 1 aliphatic heterocycles. The summed E-state index contributed by atoms with van der Waals surface area (Å²) in [6.45, 7) is -1.20. The summed E-state index contributed by atoms with van der Waals surface area (Å²) in [6, 6.07) is 19.5. The highest BCUT2D eigenvalue weighted by Crippen LogP contribution is 2.49. The highest BCUT2D eigenvalue weighted by Gasteiger charge is 2.39. The fourth-order valence-corrected chi connectivity index (χ4v) is 4.34. The van der Waals surface area contributed by atoms with Crippen molar-refractivity contribution in [3.63, 3.8) is 0 Å². The van der Waals surface area contributed by atoms with E-state index in [1.165, 1.54) is 6.07 Å². The van der Waals surface area contributed by atoms with Crippen LogP contribution in [0.1, 0.15) is 22.7 Å². The maximum absolute atomic E-state index is 13.3. The van der Waals surface area contributed by atoms with Gasteiger partial charge in [0.15, 0.2) is 0 Å². The molecule has 4 aromatic rings. The lowest BCUT2D eigenvalue weighted by Gasteiger charge is -2.26. The van der Waals surface area contributed by atoms with Gasteiger partial charge < -0.3 is 15.2 Å². The molecular weight excluding hydrogens is 454 g/mol. The Balaban J connectivity index is 1.85. The van der Waals surface area contributed by atoms with Gasteiger partial charge in [0.2, 0.25) is 11.8 Å². The Bertz CT molecular complexity index is 1480. The van der Waals surface area contributed by atoms with Crippen molar-refractivity contribution in [2.45, 2.75) is 19.5 Å². The zero-order chi connectivity index (χ0) is 24.7. The van der Waals surface area contributed by atoms with Crippen LogP contribution in [0.15, 0.2) is 72.1 Å². The van der Waals surface area contributed by atoms with Crippen LogP contribution in [0.5, 0.6) is 11.6 Å². The van der Waals surface area contributed by atoms with E-state index < -0.39 is 12.5 Å². The quantitative estimate of drug-likeness (QED) is 0.460. The fraction of sp³-hybridized carbons (Fsp3) is 0.160. The third-order valence-corrected chi connectivity index (χ3v) is 5.74. The van der Waals surface area contributed by atoms with Crippen molar-refractivity contribution in [3.8, 4) is 34.8 Å². The van der Waals surface area contributed by atoms with E-state index in [9.17, 15) is 14.0 Å². The van der Waals surface area contributed by atoms with E-state index in [2.05, 4.69) is 11.2 Å². The van der Waals surface area contributed by atoms with Gasteiger partial charge in [0.25, 0.3) is 0 Å². The molecule has 1 aliphatic rings. The van der Waals surface area contributed by atoms with Gasteiger partial charge in [-0.25, -0.2) is 0 Å². The summed E-state index contributed by atoms with van der Waals surface area (Å²) in [5, 5.41) is 19.3. The van der Waals surface area contributed by atoms with Crippen molar-refractivity contribution in [2.75, 3.05) is 0 Å². The Labute approximate surface area is 199 Å². The molecule has 0 radical (unpaired) electrons. The number of fused-ring (bicyclic) bond motifs is 1. The van der Waals surface area contributed by atoms with Gasteiger partial charge in [-0.15, -0.1) is 0 Å². The monoisotopic (exact) mass is 474 g/mol. The molecule has 176 valence electrons. The lowest BCUT2D eigenvalue weighted by molar-refractivity contribution is -0.0504. The summed E-state index contributed by atoms with van der Waals surface area (Å²) in [5.74, 6) is -0.804. The summed E-state index contributed by atoms with van der Waals surface area (Å²) < 4.78 is 40.6. The Morgan fingerprint density at radius 1 is 1.11 bits per heavy atom. The highest BCUT2D eigenvalue weighted by atomic mass is 19.3. The number of nitriles is 1. The van der Waals surface area contributed by atoms with Crippen LogP contribution in [0.4, 0.5) is 8.78 Å². The zero-order valence-corrected chi connectivity index (χ0v) is 18.8. The second-order valence-corrected chi connectivity index (χ2v) is 7.95. The van der Waals surface area contributed by atoms with Crippen LogP contribution in [-0.2, 0) is 7.05 Å². The molecule has 0 saturated carbocycles.